The number of amides is 1. The summed E-state index contributed by atoms with van der Waals surface area (Å²) in [5.41, 5.74) is 5.82. The summed E-state index contributed by atoms with van der Waals surface area (Å²) in [6.07, 6.45) is -0.747. The molecule has 18 heavy (non-hydrogen) atoms. The molecular formula is C11H14N2O4S. The Hall–Kier alpha value is -1.44. The van der Waals surface area contributed by atoms with Crippen LogP contribution in [0.25, 0.3) is 0 Å². The van der Waals surface area contributed by atoms with Crippen molar-refractivity contribution in [2.75, 3.05) is 6.54 Å². The summed E-state index contributed by atoms with van der Waals surface area (Å²) >= 11 is 1.35. The first kappa shape index (κ1) is 13.0. The Bertz CT molecular complexity index is 448. The number of rotatable bonds is 3. The maximum Gasteiger partial charge on any atom is 0.326 e. The summed E-state index contributed by atoms with van der Waals surface area (Å²) < 4.78 is 0. The smallest absolute Gasteiger partial charge is 0.326 e. The second kappa shape index (κ2) is 5.05. The Kier molecular flexibility index (Phi) is 3.65. The Balaban J connectivity index is 2.15. The average molecular weight is 270 g/mol. The van der Waals surface area contributed by atoms with Gasteiger partial charge < -0.3 is 20.8 Å². The lowest BCUT2D eigenvalue weighted by atomic mass is 10.2. The highest BCUT2D eigenvalue weighted by Crippen LogP contribution is 2.24. The molecule has 2 rings (SSSR count). The van der Waals surface area contributed by atoms with Gasteiger partial charge in [-0.2, -0.15) is 0 Å². The van der Waals surface area contributed by atoms with Gasteiger partial charge in [-0.05, 0) is 11.4 Å². The second-order valence-corrected chi connectivity index (χ2v) is 5.21. The van der Waals surface area contributed by atoms with Crippen LogP contribution in [-0.4, -0.2) is 45.7 Å². The third-order valence-electron chi connectivity index (χ3n) is 2.96. The van der Waals surface area contributed by atoms with Gasteiger partial charge in [0.05, 0.1) is 6.10 Å². The number of carbonyl (C=O) groups is 2. The quantitative estimate of drug-likeness (QED) is 0.705. The van der Waals surface area contributed by atoms with Crippen molar-refractivity contribution in [2.24, 2.45) is 5.73 Å². The van der Waals surface area contributed by atoms with Crippen molar-refractivity contribution in [2.45, 2.75) is 24.6 Å². The number of carboxylic acids is 1. The molecule has 7 heteroatoms. The molecule has 3 atom stereocenters. The predicted molar refractivity (Wildman–Crippen MR) is 65.0 cm³/mol. The van der Waals surface area contributed by atoms with Crippen LogP contribution in [0.4, 0.5) is 0 Å². The van der Waals surface area contributed by atoms with E-state index in [0.29, 0.717) is 4.88 Å². The average Bonchev–Trinajstić information content (AvgIpc) is 2.95. The van der Waals surface area contributed by atoms with Gasteiger partial charge in [-0.3, -0.25) is 4.79 Å². The summed E-state index contributed by atoms with van der Waals surface area (Å²) in [6.45, 7) is 0.0227. The van der Waals surface area contributed by atoms with E-state index in [1.54, 1.807) is 17.5 Å². The van der Waals surface area contributed by atoms with Gasteiger partial charge in [0.15, 0.2) is 0 Å². The fraction of sp³-hybridized carbons (Fsp3) is 0.455. The van der Waals surface area contributed by atoms with E-state index in [0.717, 1.165) is 4.90 Å². The van der Waals surface area contributed by atoms with Gasteiger partial charge in [-0.1, -0.05) is 6.07 Å². The molecule has 4 N–H and O–H groups in total. The molecule has 1 amide bonds. The molecule has 0 spiro atoms. The van der Waals surface area contributed by atoms with Crippen LogP contribution in [0.2, 0.25) is 0 Å². The van der Waals surface area contributed by atoms with Crippen molar-refractivity contribution in [3.63, 3.8) is 0 Å². The van der Waals surface area contributed by atoms with Crippen LogP contribution >= 0.6 is 11.3 Å². The number of carboxylic acid groups (broad SMARTS) is 1. The van der Waals surface area contributed by atoms with Gasteiger partial charge in [-0.15, -0.1) is 11.3 Å². The summed E-state index contributed by atoms with van der Waals surface area (Å²) in [5, 5.41) is 20.3. The Morgan fingerprint density at radius 2 is 2.28 bits per heavy atom. The minimum atomic E-state index is -1.11. The second-order valence-electron chi connectivity index (χ2n) is 4.23. The lowest BCUT2D eigenvalue weighted by Crippen LogP contribution is -2.44. The first-order chi connectivity index (χ1) is 8.50. The van der Waals surface area contributed by atoms with Crippen molar-refractivity contribution in [3.8, 4) is 0 Å². The number of β-amino-alcohol motifs (C(OH)–C–C–N with tert-alkyl or cyclic N) is 1. The van der Waals surface area contributed by atoms with Gasteiger partial charge in [0.25, 0.3) is 0 Å². The van der Waals surface area contributed by atoms with Crippen LogP contribution < -0.4 is 5.73 Å². The number of carbonyl (C=O) groups excluding carboxylic acids is 1. The topological polar surface area (TPSA) is 104 Å². The van der Waals surface area contributed by atoms with Gasteiger partial charge in [0.1, 0.15) is 12.1 Å². The number of aliphatic hydroxyl groups is 1. The van der Waals surface area contributed by atoms with Crippen molar-refractivity contribution in [1.29, 1.82) is 0 Å². The van der Waals surface area contributed by atoms with E-state index < -0.39 is 30.1 Å². The van der Waals surface area contributed by atoms with Crippen molar-refractivity contribution < 1.29 is 19.8 Å². The van der Waals surface area contributed by atoms with Crippen LogP contribution in [0.15, 0.2) is 17.5 Å². The molecule has 1 aromatic heterocycles. The Labute approximate surface area is 108 Å². The van der Waals surface area contributed by atoms with E-state index >= 15 is 0 Å². The van der Waals surface area contributed by atoms with E-state index in [1.807, 2.05) is 0 Å². The monoisotopic (exact) mass is 270 g/mol. The molecule has 0 saturated carbocycles. The zero-order valence-corrected chi connectivity index (χ0v) is 10.3. The standard InChI is InChI=1S/C11H14N2O4S/c12-9(8-2-1-3-18-8)10(15)13-5-6(14)4-7(13)11(16)17/h1-3,6-7,9,14H,4-5,12H2,(H,16,17)/t6-,7-,9?/m1/s1. The summed E-state index contributed by atoms with van der Waals surface area (Å²) in [4.78, 5) is 25.0. The Morgan fingerprint density at radius 3 is 2.83 bits per heavy atom. The minimum Gasteiger partial charge on any atom is -0.480 e. The maximum absolute atomic E-state index is 12.1. The molecule has 98 valence electrons. The third kappa shape index (κ3) is 2.38. The first-order valence-electron chi connectivity index (χ1n) is 5.51. The number of hydrogen-bond donors (Lipinski definition) is 3. The molecule has 0 radical (unpaired) electrons. The highest BCUT2D eigenvalue weighted by Gasteiger charge is 2.40. The fourth-order valence-corrected chi connectivity index (χ4v) is 2.78. The van der Waals surface area contributed by atoms with E-state index in [-0.39, 0.29) is 13.0 Å². The van der Waals surface area contributed by atoms with Crippen LogP contribution in [0.5, 0.6) is 0 Å². The zero-order valence-electron chi connectivity index (χ0n) is 9.52. The molecule has 2 heterocycles. The normalized spacial score (nSPS) is 25.1. The number of nitrogens with two attached hydrogens (primary N) is 1. The highest BCUT2D eigenvalue weighted by atomic mass is 32.1. The molecule has 0 aromatic carbocycles. The zero-order chi connectivity index (χ0) is 13.3. The van der Waals surface area contributed by atoms with Gasteiger partial charge >= 0.3 is 5.97 Å². The van der Waals surface area contributed by atoms with Crippen LogP contribution in [0, 0.1) is 0 Å². The summed E-state index contributed by atoms with van der Waals surface area (Å²) in [6, 6.07) is 1.66. The van der Waals surface area contributed by atoms with Crippen molar-refractivity contribution in [1.82, 2.24) is 4.90 Å². The van der Waals surface area contributed by atoms with E-state index in [9.17, 15) is 14.7 Å². The summed E-state index contributed by atoms with van der Waals surface area (Å²) in [7, 11) is 0. The lowest BCUT2D eigenvalue weighted by molar-refractivity contribution is -0.148. The molecule has 1 aliphatic rings. The van der Waals surface area contributed by atoms with Gasteiger partial charge in [0, 0.05) is 17.8 Å². The first-order valence-corrected chi connectivity index (χ1v) is 6.39. The van der Waals surface area contributed by atoms with Crippen LogP contribution in [0.3, 0.4) is 0 Å². The number of thiophene rings is 1. The van der Waals surface area contributed by atoms with Crippen molar-refractivity contribution >= 4 is 23.2 Å². The molecule has 0 bridgehead atoms. The van der Waals surface area contributed by atoms with E-state index in [1.165, 1.54) is 11.3 Å². The molecule has 1 aromatic rings. The fourth-order valence-electron chi connectivity index (χ4n) is 2.06. The molecule has 1 saturated heterocycles. The highest BCUT2D eigenvalue weighted by molar-refractivity contribution is 7.10. The largest absolute Gasteiger partial charge is 0.480 e. The molecule has 1 unspecified atom stereocenters. The maximum atomic E-state index is 12.1. The Morgan fingerprint density at radius 1 is 1.56 bits per heavy atom. The number of likely N-dealkylation sites (tertiary alicyclic amines) is 1. The predicted octanol–water partition coefficient (Wildman–Crippen LogP) is -0.206. The van der Waals surface area contributed by atoms with E-state index in [4.69, 9.17) is 10.8 Å². The molecule has 0 aliphatic carbocycles. The number of nitrogens with zero attached hydrogens (tertiary/aromatic N) is 1. The molecular weight excluding hydrogens is 256 g/mol. The van der Waals surface area contributed by atoms with Gasteiger partial charge in [-0.25, -0.2) is 4.79 Å². The van der Waals surface area contributed by atoms with Crippen LogP contribution in [0.1, 0.15) is 17.3 Å². The van der Waals surface area contributed by atoms with E-state index in [2.05, 4.69) is 0 Å². The minimum absolute atomic E-state index is 0.0227. The third-order valence-corrected chi connectivity index (χ3v) is 3.92. The van der Waals surface area contributed by atoms with Crippen molar-refractivity contribution in [3.05, 3.63) is 22.4 Å². The summed E-state index contributed by atoms with van der Waals surface area (Å²) in [5.74, 6) is -1.57. The number of aliphatic carboxylic acids is 1. The SMILES string of the molecule is NC(C(=O)N1C[C@H](O)C[C@@H]1C(=O)O)c1cccs1. The number of aliphatic hydroxyl groups excluding tert-OH is 1. The molecule has 1 aliphatic heterocycles. The van der Waals surface area contributed by atoms with Crippen LogP contribution in [-0.2, 0) is 9.59 Å². The molecule has 1 fully saturated rings. The lowest BCUT2D eigenvalue weighted by Gasteiger charge is -2.24. The number of hydrogen-bond acceptors (Lipinski definition) is 5. The van der Waals surface area contributed by atoms with Gasteiger partial charge in [0.2, 0.25) is 5.91 Å². The molecule has 6 nitrogen and oxygen atoms in total.